The van der Waals surface area contributed by atoms with E-state index >= 15 is 0 Å². The monoisotopic (exact) mass is 146 g/mol. The number of ether oxygens (including phenoxy) is 2. The van der Waals surface area contributed by atoms with Crippen molar-refractivity contribution in [1.29, 1.82) is 0 Å². The van der Waals surface area contributed by atoms with Gasteiger partial charge in [-0.25, -0.2) is 0 Å². The van der Waals surface area contributed by atoms with Gasteiger partial charge in [0.2, 0.25) is 0 Å². The van der Waals surface area contributed by atoms with Gasteiger partial charge in [-0.1, -0.05) is 6.08 Å². The molecule has 0 aromatic rings. The van der Waals surface area contributed by atoms with Gasteiger partial charge in [-0.2, -0.15) is 0 Å². The highest BCUT2D eigenvalue weighted by Gasteiger charge is 1.85. The number of rotatable bonds is 7. The van der Waals surface area contributed by atoms with Crippen molar-refractivity contribution in [3.8, 4) is 0 Å². The van der Waals surface area contributed by atoms with E-state index in [9.17, 15) is 0 Å². The van der Waals surface area contributed by atoms with Crippen molar-refractivity contribution in [2.75, 3.05) is 26.6 Å². The first-order chi connectivity index (χ1) is 4.91. The molecule has 10 heavy (non-hydrogen) atoms. The van der Waals surface area contributed by atoms with Crippen LogP contribution >= 0.6 is 0 Å². The van der Waals surface area contributed by atoms with Gasteiger partial charge in [0.05, 0.1) is 13.2 Å². The third-order valence-corrected chi connectivity index (χ3v) is 0.849. The van der Waals surface area contributed by atoms with Gasteiger partial charge in [0.25, 0.3) is 0 Å². The third-order valence-electron chi connectivity index (χ3n) is 0.849. The molecule has 3 nitrogen and oxygen atoms in total. The zero-order valence-corrected chi connectivity index (χ0v) is 6.08. The summed E-state index contributed by atoms with van der Waals surface area (Å²) in [6.07, 6.45) is 2.33. The maximum absolute atomic E-state index is 8.33. The summed E-state index contributed by atoms with van der Waals surface area (Å²) in [6.45, 7) is 4.99. The molecule has 0 radical (unpaired) electrons. The zero-order chi connectivity index (χ0) is 7.66. The summed E-state index contributed by atoms with van der Waals surface area (Å²) >= 11 is 0. The van der Waals surface area contributed by atoms with E-state index in [1.54, 1.807) is 6.08 Å². The first-order valence-corrected chi connectivity index (χ1v) is 3.29. The van der Waals surface area contributed by atoms with E-state index in [2.05, 4.69) is 6.58 Å². The highest BCUT2D eigenvalue weighted by Crippen LogP contribution is 1.82. The van der Waals surface area contributed by atoms with E-state index < -0.39 is 0 Å². The molecule has 0 aliphatic rings. The van der Waals surface area contributed by atoms with Gasteiger partial charge in [-0.15, -0.1) is 6.58 Å². The minimum atomic E-state index is 0.168. The van der Waals surface area contributed by atoms with Crippen molar-refractivity contribution < 1.29 is 14.6 Å². The van der Waals surface area contributed by atoms with Crippen molar-refractivity contribution in [3.05, 3.63) is 12.7 Å². The zero-order valence-electron chi connectivity index (χ0n) is 6.08. The summed E-state index contributed by atoms with van der Waals surface area (Å²) in [5, 5.41) is 8.33. The van der Waals surface area contributed by atoms with Gasteiger partial charge in [-0.3, -0.25) is 0 Å². The minimum Gasteiger partial charge on any atom is -0.396 e. The molecule has 60 valence electrons. The van der Waals surface area contributed by atoms with E-state index in [-0.39, 0.29) is 13.4 Å². The Morgan fingerprint density at radius 3 is 2.80 bits per heavy atom. The highest BCUT2D eigenvalue weighted by molar-refractivity contribution is 4.62. The Kier molecular flexibility index (Phi) is 8.29. The van der Waals surface area contributed by atoms with Gasteiger partial charge in [-0.05, 0) is 6.42 Å². The first-order valence-electron chi connectivity index (χ1n) is 3.29. The number of hydrogen-bond acceptors (Lipinski definition) is 3. The summed E-state index contributed by atoms with van der Waals surface area (Å²) in [5.74, 6) is 0. The molecule has 0 aliphatic carbocycles. The molecule has 0 aromatic carbocycles. The summed E-state index contributed by atoms with van der Waals surface area (Å²) in [4.78, 5) is 0. The van der Waals surface area contributed by atoms with Crippen LogP contribution in [0.3, 0.4) is 0 Å². The second-order valence-electron chi connectivity index (χ2n) is 1.76. The molecule has 3 heteroatoms. The molecule has 0 fully saturated rings. The first kappa shape index (κ1) is 9.62. The van der Waals surface area contributed by atoms with Crippen molar-refractivity contribution >= 4 is 0 Å². The SMILES string of the molecule is C=CCOCOCCCO. The van der Waals surface area contributed by atoms with E-state index in [0.717, 1.165) is 0 Å². The minimum absolute atomic E-state index is 0.168. The average molecular weight is 146 g/mol. The maximum Gasteiger partial charge on any atom is 0.147 e. The van der Waals surface area contributed by atoms with Gasteiger partial charge in [0, 0.05) is 6.61 Å². The molecule has 0 saturated carbocycles. The summed E-state index contributed by atoms with van der Waals surface area (Å²) in [7, 11) is 0. The Hall–Kier alpha value is -0.380. The van der Waals surface area contributed by atoms with Crippen LogP contribution in [0.15, 0.2) is 12.7 Å². The second kappa shape index (κ2) is 8.62. The Morgan fingerprint density at radius 1 is 1.40 bits per heavy atom. The Morgan fingerprint density at radius 2 is 2.20 bits per heavy atom. The van der Waals surface area contributed by atoms with Crippen molar-refractivity contribution in [2.24, 2.45) is 0 Å². The predicted octanol–water partition coefficient (Wildman–Crippen LogP) is 0.545. The van der Waals surface area contributed by atoms with Crippen molar-refractivity contribution in [1.82, 2.24) is 0 Å². The second-order valence-corrected chi connectivity index (χ2v) is 1.76. The topological polar surface area (TPSA) is 38.7 Å². The molecule has 1 N–H and O–H groups in total. The molecule has 0 rings (SSSR count). The van der Waals surface area contributed by atoms with Crippen LogP contribution in [-0.2, 0) is 9.47 Å². The fourth-order valence-electron chi connectivity index (χ4n) is 0.416. The van der Waals surface area contributed by atoms with Crippen LogP contribution in [-0.4, -0.2) is 31.7 Å². The standard InChI is InChI=1S/C7H14O3/c1-2-5-9-7-10-6-3-4-8/h2,8H,1,3-7H2. The van der Waals surface area contributed by atoms with Crippen LogP contribution in [0.2, 0.25) is 0 Å². The van der Waals surface area contributed by atoms with Crippen LogP contribution < -0.4 is 0 Å². The fourth-order valence-corrected chi connectivity index (χ4v) is 0.416. The number of hydrogen-bond donors (Lipinski definition) is 1. The fraction of sp³-hybridized carbons (Fsp3) is 0.714. The summed E-state index contributed by atoms with van der Waals surface area (Å²) < 4.78 is 9.85. The quantitative estimate of drug-likeness (QED) is 0.324. The average Bonchev–Trinajstić information content (AvgIpc) is 1.97. The molecule has 0 heterocycles. The predicted molar refractivity (Wildman–Crippen MR) is 38.7 cm³/mol. The maximum atomic E-state index is 8.33. The van der Waals surface area contributed by atoms with Crippen LogP contribution in [0.25, 0.3) is 0 Å². The number of aliphatic hydroxyl groups excluding tert-OH is 1. The third kappa shape index (κ3) is 7.62. The molecular weight excluding hydrogens is 132 g/mol. The van der Waals surface area contributed by atoms with E-state index in [1.165, 1.54) is 0 Å². The van der Waals surface area contributed by atoms with Crippen LogP contribution in [0.4, 0.5) is 0 Å². The molecule has 0 bridgehead atoms. The molecule has 0 aromatic heterocycles. The largest absolute Gasteiger partial charge is 0.396 e. The molecule has 0 aliphatic heterocycles. The molecule has 0 atom stereocenters. The summed E-state index contributed by atoms with van der Waals surface area (Å²) in [5.41, 5.74) is 0. The lowest BCUT2D eigenvalue weighted by Gasteiger charge is -2.01. The normalized spacial score (nSPS) is 9.70. The van der Waals surface area contributed by atoms with E-state index in [4.69, 9.17) is 14.6 Å². The van der Waals surface area contributed by atoms with Crippen LogP contribution in [0.1, 0.15) is 6.42 Å². The lowest BCUT2D eigenvalue weighted by molar-refractivity contribution is -0.0468. The van der Waals surface area contributed by atoms with Crippen LogP contribution in [0.5, 0.6) is 0 Å². The molecule has 0 saturated heterocycles. The molecular formula is C7H14O3. The molecule has 0 unspecified atom stereocenters. The van der Waals surface area contributed by atoms with Gasteiger partial charge in [0.1, 0.15) is 6.79 Å². The Balaban J connectivity index is 2.70. The van der Waals surface area contributed by atoms with Gasteiger partial charge in [0.15, 0.2) is 0 Å². The van der Waals surface area contributed by atoms with Crippen molar-refractivity contribution in [2.45, 2.75) is 6.42 Å². The Bertz CT molecular complexity index is 73.3. The Labute approximate surface area is 61.3 Å². The molecule has 0 spiro atoms. The molecule has 0 amide bonds. The van der Waals surface area contributed by atoms with E-state index in [0.29, 0.717) is 19.6 Å². The lowest BCUT2D eigenvalue weighted by atomic mass is 10.5. The van der Waals surface area contributed by atoms with Crippen LogP contribution in [0, 0.1) is 0 Å². The smallest absolute Gasteiger partial charge is 0.147 e. The summed E-state index contributed by atoms with van der Waals surface area (Å²) in [6, 6.07) is 0. The van der Waals surface area contributed by atoms with Gasteiger partial charge < -0.3 is 14.6 Å². The number of aliphatic hydroxyl groups is 1. The van der Waals surface area contributed by atoms with E-state index in [1.807, 2.05) is 0 Å². The van der Waals surface area contributed by atoms with Crippen molar-refractivity contribution in [3.63, 3.8) is 0 Å². The highest BCUT2D eigenvalue weighted by atomic mass is 16.7. The lowest BCUT2D eigenvalue weighted by Crippen LogP contribution is -2.02. The van der Waals surface area contributed by atoms with Gasteiger partial charge >= 0.3 is 0 Å².